The van der Waals surface area contributed by atoms with E-state index in [9.17, 15) is 9.90 Å². The molecule has 0 aromatic heterocycles. The van der Waals surface area contributed by atoms with Crippen molar-refractivity contribution in [1.82, 2.24) is 0 Å². The maximum Gasteiger partial charge on any atom is 0.339 e. The number of ether oxygens (including phenoxy) is 1. The summed E-state index contributed by atoms with van der Waals surface area (Å²) in [4.78, 5) is 13.6. The Morgan fingerprint density at radius 2 is 2.11 bits per heavy atom. The van der Waals surface area contributed by atoms with E-state index in [-0.39, 0.29) is 0 Å². The van der Waals surface area contributed by atoms with Gasteiger partial charge in [0.2, 0.25) is 0 Å². The zero-order chi connectivity index (χ0) is 13.1. The number of rotatable bonds is 3. The highest BCUT2D eigenvalue weighted by molar-refractivity contribution is 9.10. The van der Waals surface area contributed by atoms with Crippen molar-refractivity contribution in [3.63, 3.8) is 0 Å². The van der Waals surface area contributed by atoms with Gasteiger partial charge in [-0.05, 0) is 46.5 Å². The number of nitrogens with zero attached hydrogens (tertiary/aromatic N) is 1. The Labute approximate surface area is 115 Å². The van der Waals surface area contributed by atoms with Crippen LogP contribution in [-0.2, 0) is 9.53 Å². The van der Waals surface area contributed by atoms with Gasteiger partial charge in [0, 0.05) is 17.6 Å². The quantitative estimate of drug-likeness (QED) is 0.870. The number of halogens is 1. The lowest BCUT2D eigenvalue weighted by atomic mass is 10.1. The largest absolute Gasteiger partial charge is 0.467 e. The van der Waals surface area contributed by atoms with Crippen LogP contribution in [0.4, 0.5) is 5.69 Å². The van der Waals surface area contributed by atoms with Crippen molar-refractivity contribution < 1.29 is 14.6 Å². The molecule has 18 heavy (non-hydrogen) atoms. The fraction of sp³-hybridized carbons (Fsp3) is 0.462. The molecule has 1 unspecified atom stereocenters. The summed E-state index contributed by atoms with van der Waals surface area (Å²) in [6.45, 7) is 2.11. The summed E-state index contributed by atoms with van der Waals surface area (Å²) in [5, 5.41) is 9.76. The van der Waals surface area contributed by atoms with Gasteiger partial charge in [0.1, 0.15) is 0 Å². The molecule has 0 radical (unpaired) electrons. The van der Waals surface area contributed by atoms with Crippen LogP contribution in [0.1, 0.15) is 24.5 Å². The van der Waals surface area contributed by atoms with E-state index in [4.69, 9.17) is 0 Å². The molecule has 0 saturated carbocycles. The van der Waals surface area contributed by atoms with Crippen LogP contribution in [0, 0.1) is 0 Å². The summed E-state index contributed by atoms with van der Waals surface area (Å²) in [5.41, 5.74) is 1.64. The first-order valence-electron chi connectivity index (χ1n) is 5.94. The van der Waals surface area contributed by atoms with Crippen molar-refractivity contribution >= 4 is 27.6 Å². The molecule has 2 rings (SSSR count). The number of hydrogen-bond acceptors (Lipinski definition) is 4. The van der Waals surface area contributed by atoms with Crippen molar-refractivity contribution in [3.05, 3.63) is 28.2 Å². The number of benzene rings is 1. The average Bonchev–Trinajstić information content (AvgIpc) is 2.90. The fourth-order valence-corrected chi connectivity index (χ4v) is 2.80. The summed E-state index contributed by atoms with van der Waals surface area (Å²) in [6, 6.07) is 5.46. The van der Waals surface area contributed by atoms with Crippen LogP contribution in [0.15, 0.2) is 22.7 Å². The number of carbonyl (C=O) groups is 1. The highest BCUT2D eigenvalue weighted by atomic mass is 79.9. The van der Waals surface area contributed by atoms with Crippen molar-refractivity contribution in [2.24, 2.45) is 0 Å². The number of hydrogen-bond donors (Lipinski definition) is 1. The Hall–Kier alpha value is -1.07. The van der Waals surface area contributed by atoms with Crippen LogP contribution in [0.5, 0.6) is 0 Å². The van der Waals surface area contributed by atoms with Gasteiger partial charge >= 0.3 is 5.97 Å². The molecular formula is C13H16BrNO3. The monoisotopic (exact) mass is 313 g/mol. The predicted octanol–water partition coefficient (Wildman–Crippen LogP) is 2.26. The van der Waals surface area contributed by atoms with E-state index >= 15 is 0 Å². The van der Waals surface area contributed by atoms with Gasteiger partial charge < -0.3 is 14.7 Å². The summed E-state index contributed by atoms with van der Waals surface area (Å²) in [6.07, 6.45) is 1.19. The highest BCUT2D eigenvalue weighted by Gasteiger charge is 2.20. The Morgan fingerprint density at radius 3 is 2.67 bits per heavy atom. The molecule has 1 atom stereocenters. The van der Waals surface area contributed by atoms with Gasteiger partial charge in [-0.1, -0.05) is 6.07 Å². The zero-order valence-corrected chi connectivity index (χ0v) is 11.8. The second-order valence-electron chi connectivity index (χ2n) is 4.33. The molecule has 5 heteroatoms. The van der Waals surface area contributed by atoms with Crippen molar-refractivity contribution in [2.75, 3.05) is 25.1 Å². The van der Waals surface area contributed by atoms with Crippen LogP contribution >= 0.6 is 15.9 Å². The van der Waals surface area contributed by atoms with E-state index in [2.05, 4.69) is 25.6 Å². The molecule has 1 aliphatic rings. The first-order chi connectivity index (χ1) is 8.63. The smallest absolute Gasteiger partial charge is 0.339 e. The predicted molar refractivity (Wildman–Crippen MR) is 72.6 cm³/mol. The molecule has 1 N–H and O–H groups in total. The highest BCUT2D eigenvalue weighted by Crippen LogP contribution is 2.31. The average molecular weight is 314 g/mol. The van der Waals surface area contributed by atoms with E-state index in [1.165, 1.54) is 20.0 Å². The Bertz CT molecular complexity index is 444. The topological polar surface area (TPSA) is 49.8 Å². The van der Waals surface area contributed by atoms with Crippen molar-refractivity contribution in [2.45, 2.75) is 18.9 Å². The Morgan fingerprint density at radius 1 is 1.44 bits per heavy atom. The second-order valence-corrected chi connectivity index (χ2v) is 5.19. The summed E-state index contributed by atoms with van der Waals surface area (Å²) in [7, 11) is 1.26. The fourth-order valence-electron chi connectivity index (χ4n) is 2.16. The molecule has 0 bridgehead atoms. The van der Waals surface area contributed by atoms with E-state index < -0.39 is 12.1 Å². The van der Waals surface area contributed by atoms with Gasteiger partial charge in [-0.2, -0.15) is 0 Å². The number of anilines is 1. The van der Waals surface area contributed by atoms with E-state index in [1.807, 2.05) is 6.07 Å². The van der Waals surface area contributed by atoms with Gasteiger partial charge in [0.15, 0.2) is 6.10 Å². The van der Waals surface area contributed by atoms with Crippen LogP contribution in [0.3, 0.4) is 0 Å². The van der Waals surface area contributed by atoms with Gasteiger partial charge in [-0.3, -0.25) is 0 Å². The van der Waals surface area contributed by atoms with Crippen molar-refractivity contribution in [3.8, 4) is 0 Å². The molecule has 1 aliphatic heterocycles. The first-order valence-corrected chi connectivity index (χ1v) is 6.73. The molecule has 0 aliphatic carbocycles. The molecular weight excluding hydrogens is 298 g/mol. The summed E-state index contributed by atoms with van der Waals surface area (Å²) < 4.78 is 5.42. The molecule has 1 aromatic rings. The lowest BCUT2D eigenvalue weighted by Gasteiger charge is -2.20. The molecule has 1 saturated heterocycles. The molecule has 0 amide bonds. The third kappa shape index (κ3) is 2.67. The minimum atomic E-state index is -1.22. The van der Waals surface area contributed by atoms with Crippen molar-refractivity contribution in [1.29, 1.82) is 0 Å². The SMILES string of the molecule is COC(=O)C(O)c1ccc(N2CCCC2)c(Br)c1. The number of esters is 1. The Balaban J connectivity index is 2.21. The molecule has 1 fully saturated rings. The molecule has 98 valence electrons. The molecule has 4 nitrogen and oxygen atoms in total. The normalized spacial score (nSPS) is 16.7. The van der Waals surface area contributed by atoms with Crippen LogP contribution in [0.25, 0.3) is 0 Å². The van der Waals surface area contributed by atoms with E-state index in [0.29, 0.717) is 5.56 Å². The summed E-state index contributed by atoms with van der Waals surface area (Å²) >= 11 is 3.49. The number of methoxy groups -OCH3 is 1. The lowest BCUT2D eigenvalue weighted by Crippen LogP contribution is -2.18. The third-order valence-corrected chi connectivity index (χ3v) is 3.79. The number of aliphatic hydroxyl groups is 1. The zero-order valence-electron chi connectivity index (χ0n) is 10.2. The summed E-state index contributed by atoms with van der Waals surface area (Å²) in [5.74, 6) is -0.643. The molecule has 1 aromatic carbocycles. The molecule has 1 heterocycles. The molecule has 0 spiro atoms. The maximum atomic E-state index is 11.3. The Kier molecular flexibility index (Phi) is 4.24. The van der Waals surface area contributed by atoms with Gasteiger partial charge in [0.05, 0.1) is 12.8 Å². The second kappa shape index (κ2) is 5.71. The minimum absolute atomic E-state index is 0.539. The minimum Gasteiger partial charge on any atom is -0.467 e. The number of aliphatic hydroxyl groups excluding tert-OH is 1. The maximum absolute atomic E-state index is 11.3. The first kappa shape index (κ1) is 13.4. The van der Waals surface area contributed by atoms with Crippen LogP contribution in [0.2, 0.25) is 0 Å². The van der Waals surface area contributed by atoms with Crippen LogP contribution in [-0.4, -0.2) is 31.3 Å². The van der Waals surface area contributed by atoms with Crippen LogP contribution < -0.4 is 4.90 Å². The van der Waals surface area contributed by atoms with Gasteiger partial charge in [0.25, 0.3) is 0 Å². The number of carbonyl (C=O) groups excluding carboxylic acids is 1. The lowest BCUT2D eigenvalue weighted by molar-refractivity contribution is -0.150. The van der Waals surface area contributed by atoms with Gasteiger partial charge in [-0.15, -0.1) is 0 Å². The van der Waals surface area contributed by atoms with E-state index in [0.717, 1.165) is 23.2 Å². The van der Waals surface area contributed by atoms with Gasteiger partial charge in [-0.25, -0.2) is 4.79 Å². The van der Waals surface area contributed by atoms with E-state index in [1.54, 1.807) is 12.1 Å². The third-order valence-electron chi connectivity index (χ3n) is 3.16. The standard InChI is InChI=1S/C13H16BrNO3/c1-18-13(17)12(16)9-4-5-11(10(14)8-9)15-6-2-3-7-15/h4-5,8,12,16H,2-3,6-7H2,1H3.